The van der Waals surface area contributed by atoms with E-state index in [9.17, 15) is 4.79 Å². The summed E-state index contributed by atoms with van der Waals surface area (Å²) in [5.41, 5.74) is 0.864. The highest BCUT2D eigenvalue weighted by Gasteiger charge is 2.25. The molecule has 6 nitrogen and oxygen atoms in total. The summed E-state index contributed by atoms with van der Waals surface area (Å²) >= 11 is 0. The maximum atomic E-state index is 12.3. The second-order valence-electron chi connectivity index (χ2n) is 7.74. The Balaban J connectivity index is 1.59. The first-order valence-corrected chi connectivity index (χ1v) is 10.1. The number of nitrogens with zero attached hydrogens (tertiary/aromatic N) is 3. The summed E-state index contributed by atoms with van der Waals surface area (Å²) in [4.78, 5) is 21.3. The molecule has 148 valence electrons. The fourth-order valence-electron chi connectivity index (χ4n) is 4.07. The average molecular weight is 373 g/mol. The van der Waals surface area contributed by atoms with Crippen LogP contribution in [0.5, 0.6) is 5.75 Å². The van der Waals surface area contributed by atoms with Crippen molar-refractivity contribution in [3.63, 3.8) is 0 Å². The molecule has 2 atom stereocenters. The smallest absolute Gasteiger partial charge is 0.265 e. The Bertz CT molecular complexity index is 666. The molecule has 0 spiro atoms. The zero-order chi connectivity index (χ0) is 19.2. The molecule has 2 unspecified atom stereocenters. The van der Waals surface area contributed by atoms with Crippen molar-refractivity contribution in [2.75, 3.05) is 44.2 Å². The quantitative estimate of drug-likeness (QED) is 0.491. The van der Waals surface area contributed by atoms with E-state index in [1.807, 2.05) is 29.2 Å². The summed E-state index contributed by atoms with van der Waals surface area (Å²) in [5.74, 6) is 3.19. The number of carbonyl (C=O) groups excluding carboxylic acids is 1. The Hall–Kier alpha value is -2.24. The van der Waals surface area contributed by atoms with E-state index in [1.54, 1.807) is 0 Å². The van der Waals surface area contributed by atoms with E-state index in [1.165, 1.54) is 6.42 Å². The number of anilines is 1. The van der Waals surface area contributed by atoms with Crippen molar-refractivity contribution in [1.82, 2.24) is 10.2 Å². The summed E-state index contributed by atoms with van der Waals surface area (Å²) in [5, 5.41) is 3.43. The molecule has 0 saturated carbocycles. The van der Waals surface area contributed by atoms with Crippen LogP contribution >= 0.6 is 0 Å². The summed E-state index contributed by atoms with van der Waals surface area (Å²) in [6.45, 7) is 11.2. The first-order chi connectivity index (χ1) is 13.1. The normalized spacial score (nSPS) is 23.1. The molecule has 3 rings (SSSR count). The van der Waals surface area contributed by atoms with Crippen LogP contribution in [0.4, 0.5) is 5.69 Å². The Morgan fingerprint density at radius 3 is 2.74 bits per heavy atom. The molecule has 2 heterocycles. The van der Waals surface area contributed by atoms with Crippen LogP contribution in [0.1, 0.15) is 33.6 Å². The van der Waals surface area contributed by atoms with Gasteiger partial charge in [-0.15, -0.1) is 0 Å². The third kappa shape index (κ3) is 4.93. The van der Waals surface area contributed by atoms with Gasteiger partial charge in [-0.05, 0) is 43.7 Å². The van der Waals surface area contributed by atoms with Crippen LogP contribution in [0.25, 0.3) is 0 Å². The lowest BCUT2D eigenvalue weighted by molar-refractivity contribution is -0.121. The van der Waals surface area contributed by atoms with Gasteiger partial charge < -0.3 is 19.9 Å². The monoisotopic (exact) mass is 372 g/mol. The van der Waals surface area contributed by atoms with Gasteiger partial charge in [-0.2, -0.15) is 0 Å². The van der Waals surface area contributed by atoms with Crippen LogP contribution < -0.4 is 15.0 Å². The lowest BCUT2D eigenvalue weighted by Gasteiger charge is -2.37. The Labute approximate surface area is 162 Å². The highest BCUT2D eigenvalue weighted by molar-refractivity contribution is 5.97. The minimum atomic E-state index is 0.0169. The van der Waals surface area contributed by atoms with Crippen LogP contribution in [0.3, 0.4) is 0 Å². The molecule has 2 aliphatic rings. The van der Waals surface area contributed by atoms with E-state index >= 15 is 0 Å². The van der Waals surface area contributed by atoms with E-state index < -0.39 is 0 Å². The Kier molecular flexibility index (Phi) is 6.58. The van der Waals surface area contributed by atoms with Crippen LogP contribution in [0, 0.1) is 11.8 Å². The lowest BCUT2D eigenvalue weighted by atomic mass is 9.92. The number of hydrogen-bond acceptors (Lipinski definition) is 3. The van der Waals surface area contributed by atoms with Gasteiger partial charge in [-0.1, -0.05) is 26.0 Å². The first-order valence-electron chi connectivity index (χ1n) is 10.1. The van der Waals surface area contributed by atoms with Gasteiger partial charge in [0.15, 0.2) is 12.6 Å². The number of para-hydroxylation sites is 2. The van der Waals surface area contributed by atoms with Gasteiger partial charge in [-0.3, -0.25) is 9.79 Å². The number of hydrogen-bond donors (Lipinski definition) is 1. The van der Waals surface area contributed by atoms with Crippen molar-refractivity contribution in [1.29, 1.82) is 0 Å². The number of guanidine groups is 1. The molecule has 2 aliphatic heterocycles. The van der Waals surface area contributed by atoms with Crippen molar-refractivity contribution in [2.24, 2.45) is 16.8 Å². The minimum absolute atomic E-state index is 0.0169. The molecule has 0 radical (unpaired) electrons. The van der Waals surface area contributed by atoms with Crippen molar-refractivity contribution in [2.45, 2.75) is 33.6 Å². The number of carbonyl (C=O) groups is 1. The maximum absolute atomic E-state index is 12.3. The van der Waals surface area contributed by atoms with Gasteiger partial charge >= 0.3 is 0 Å². The molecule has 0 aromatic heterocycles. The zero-order valence-electron chi connectivity index (χ0n) is 16.8. The molecule has 1 saturated heterocycles. The molecule has 0 aliphatic carbocycles. The van der Waals surface area contributed by atoms with Gasteiger partial charge in [-0.25, -0.2) is 0 Å². The summed E-state index contributed by atoms with van der Waals surface area (Å²) in [6, 6.07) is 7.72. The number of nitrogens with one attached hydrogen (secondary N) is 1. The second kappa shape index (κ2) is 9.11. The third-order valence-corrected chi connectivity index (χ3v) is 5.11. The fourth-order valence-corrected chi connectivity index (χ4v) is 4.07. The topological polar surface area (TPSA) is 57.2 Å². The van der Waals surface area contributed by atoms with Gasteiger partial charge in [0, 0.05) is 32.7 Å². The van der Waals surface area contributed by atoms with E-state index in [0.29, 0.717) is 24.9 Å². The number of amides is 1. The third-order valence-electron chi connectivity index (χ3n) is 5.11. The Morgan fingerprint density at radius 2 is 2.00 bits per heavy atom. The first kappa shape index (κ1) is 19.5. The van der Waals surface area contributed by atoms with Crippen molar-refractivity contribution in [3.05, 3.63) is 24.3 Å². The minimum Gasteiger partial charge on any atom is -0.482 e. The molecule has 6 heteroatoms. The molecule has 1 aromatic rings. The molecule has 27 heavy (non-hydrogen) atoms. The Morgan fingerprint density at radius 1 is 1.26 bits per heavy atom. The van der Waals surface area contributed by atoms with Crippen molar-refractivity contribution < 1.29 is 9.53 Å². The molecule has 0 bridgehead atoms. The summed E-state index contributed by atoms with van der Waals surface area (Å²) in [7, 11) is 0. The number of rotatable bonds is 5. The number of piperidine rings is 1. The number of ether oxygens (including phenoxy) is 1. The van der Waals surface area contributed by atoms with Crippen LogP contribution in [0.15, 0.2) is 29.3 Å². The largest absolute Gasteiger partial charge is 0.482 e. The van der Waals surface area contributed by atoms with E-state index in [2.05, 4.69) is 31.0 Å². The van der Waals surface area contributed by atoms with Crippen molar-refractivity contribution in [3.8, 4) is 5.75 Å². The molecular formula is C21H32N4O2. The van der Waals surface area contributed by atoms with Gasteiger partial charge in [0.1, 0.15) is 5.75 Å². The van der Waals surface area contributed by atoms with E-state index in [4.69, 9.17) is 9.73 Å². The van der Waals surface area contributed by atoms with Gasteiger partial charge in [0.2, 0.25) is 0 Å². The SMILES string of the molecule is CCNC(=NCCCN1C(=O)COc2ccccc21)N1CC(C)CC(C)C1. The van der Waals surface area contributed by atoms with Gasteiger partial charge in [0.25, 0.3) is 5.91 Å². The highest BCUT2D eigenvalue weighted by atomic mass is 16.5. The van der Waals surface area contributed by atoms with E-state index in [-0.39, 0.29) is 12.5 Å². The number of fused-ring (bicyclic) bond motifs is 1. The molecule has 1 fully saturated rings. The zero-order valence-corrected chi connectivity index (χ0v) is 16.8. The molecule has 1 aromatic carbocycles. The van der Waals surface area contributed by atoms with Crippen LogP contribution in [0.2, 0.25) is 0 Å². The summed E-state index contributed by atoms with van der Waals surface area (Å²) < 4.78 is 5.51. The fraction of sp³-hybridized carbons (Fsp3) is 0.619. The standard InChI is InChI=1S/C21H32N4O2/c1-4-22-21(24-13-16(2)12-17(3)14-24)23-10-7-11-25-18-8-5-6-9-19(18)27-15-20(25)26/h5-6,8-9,16-17H,4,7,10-15H2,1-3H3,(H,22,23). The van der Waals surface area contributed by atoms with Crippen LogP contribution in [-0.4, -0.2) is 56.1 Å². The van der Waals surface area contributed by atoms with Crippen molar-refractivity contribution >= 4 is 17.6 Å². The lowest BCUT2D eigenvalue weighted by Crippen LogP contribution is -2.48. The summed E-state index contributed by atoms with van der Waals surface area (Å²) in [6.07, 6.45) is 2.11. The average Bonchev–Trinajstić information content (AvgIpc) is 2.65. The molecule has 1 N–H and O–H groups in total. The highest BCUT2D eigenvalue weighted by Crippen LogP contribution is 2.31. The predicted octanol–water partition coefficient (Wildman–Crippen LogP) is 2.75. The van der Waals surface area contributed by atoms with Crippen LogP contribution in [-0.2, 0) is 4.79 Å². The molecular weight excluding hydrogens is 340 g/mol. The van der Waals surface area contributed by atoms with E-state index in [0.717, 1.165) is 43.5 Å². The van der Waals surface area contributed by atoms with Gasteiger partial charge in [0.05, 0.1) is 5.69 Å². The number of aliphatic imine (C=N–C) groups is 1. The predicted molar refractivity (Wildman–Crippen MR) is 109 cm³/mol. The second-order valence-corrected chi connectivity index (χ2v) is 7.74. The molecule has 1 amide bonds. The number of benzene rings is 1. The maximum Gasteiger partial charge on any atom is 0.265 e. The number of likely N-dealkylation sites (tertiary alicyclic amines) is 1.